The summed E-state index contributed by atoms with van der Waals surface area (Å²) in [6.07, 6.45) is -1.94. The van der Waals surface area contributed by atoms with Gasteiger partial charge >= 0.3 is 12.2 Å². The van der Waals surface area contributed by atoms with Crippen LogP contribution in [0.15, 0.2) is 30.3 Å². The van der Waals surface area contributed by atoms with Crippen LogP contribution in [0.3, 0.4) is 0 Å². The van der Waals surface area contributed by atoms with E-state index in [1.54, 1.807) is 30.3 Å². The van der Waals surface area contributed by atoms with E-state index in [0.717, 1.165) is 7.11 Å². The van der Waals surface area contributed by atoms with E-state index in [9.17, 15) is 9.59 Å². The standard InChI is InChI=1S/C10H11NO6/c1-14-9(12)11(17-16-10(13)15-2)8-6-4-3-5-7-8/h3-7H,1-2H3. The summed E-state index contributed by atoms with van der Waals surface area (Å²) in [6.45, 7) is 0. The van der Waals surface area contributed by atoms with Gasteiger partial charge in [-0.2, -0.15) is 0 Å². The first kappa shape index (κ1) is 12.8. The third-order valence-electron chi connectivity index (χ3n) is 1.68. The van der Waals surface area contributed by atoms with Crippen LogP contribution in [0.1, 0.15) is 0 Å². The summed E-state index contributed by atoms with van der Waals surface area (Å²) in [4.78, 5) is 30.8. The molecule has 0 spiro atoms. The van der Waals surface area contributed by atoms with Crippen molar-refractivity contribution in [1.29, 1.82) is 0 Å². The van der Waals surface area contributed by atoms with Crippen molar-refractivity contribution in [2.75, 3.05) is 19.3 Å². The van der Waals surface area contributed by atoms with Gasteiger partial charge in [-0.15, -0.1) is 5.06 Å². The van der Waals surface area contributed by atoms with E-state index in [-0.39, 0.29) is 0 Å². The van der Waals surface area contributed by atoms with Crippen LogP contribution in [0.25, 0.3) is 0 Å². The molecule has 0 saturated heterocycles. The second kappa shape index (κ2) is 6.33. The van der Waals surface area contributed by atoms with Gasteiger partial charge in [0.25, 0.3) is 0 Å². The first-order chi connectivity index (χ1) is 8.19. The topological polar surface area (TPSA) is 74.3 Å². The molecule has 1 rings (SSSR count). The summed E-state index contributed by atoms with van der Waals surface area (Å²) in [6, 6.07) is 8.23. The molecule has 1 aromatic rings. The van der Waals surface area contributed by atoms with E-state index in [2.05, 4.69) is 19.3 Å². The van der Waals surface area contributed by atoms with Gasteiger partial charge < -0.3 is 9.47 Å². The third kappa shape index (κ3) is 3.65. The van der Waals surface area contributed by atoms with Gasteiger partial charge in [0.15, 0.2) is 0 Å². The highest BCUT2D eigenvalue weighted by molar-refractivity contribution is 5.85. The van der Waals surface area contributed by atoms with E-state index < -0.39 is 12.2 Å². The molecule has 0 bridgehead atoms. The lowest BCUT2D eigenvalue weighted by Gasteiger charge is -2.16. The molecule has 0 atom stereocenters. The number of rotatable bonds is 3. The fourth-order valence-electron chi connectivity index (χ4n) is 0.927. The van der Waals surface area contributed by atoms with Crippen molar-refractivity contribution in [3.8, 4) is 0 Å². The number of nitrogens with zero attached hydrogens (tertiary/aromatic N) is 1. The normalized spacial score (nSPS) is 9.29. The maximum absolute atomic E-state index is 11.4. The zero-order chi connectivity index (χ0) is 12.7. The first-order valence-electron chi connectivity index (χ1n) is 4.54. The molecule has 0 fully saturated rings. The Morgan fingerprint density at radius 3 is 2.24 bits per heavy atom. The van der Waals surface area contributed by atoms with Crippen molar-refractivity contribution >= 4 is 17.9 Å². The molecule has 0 heterocycles. The Kier molecular flexibility index (Phi) is 4.77. The van der Waals surface area contributed by atoms with Crippen molar-refractivity contribution in [2.24, 2.45) is 0 Å². The van der Waals surface area contributed by atoms with Crippen LogP contribution in [0.5, 0.6) is 0 Å². The second-order valence-electron chi connectivity index (χ2n) is 2.71. The van der Waals surface area contributed by atoms with Crippen LogP contribution in [0, 0.1) is 0 Å². The van der Waals surface area contributed by atoms with Gasteiger partial charge in [0, 0.05) is 0 Å². The van der Waals surface area contributed by atoms with Gasteiger partial charge in [-0.05, 0) is 17.1 Å². The average molecular weight is 241 g/mol. The van der Waals surface area contributed by atoms with Crippen molar-refractivity contribution in [1.82, 2.24) is 0 Å². The van der Waals surface area contributed by atoms with Crippen LogP contribution < -0.4 is 5.06 Å². The lowest BCUT2D eigenvalue weighted by Crippen LogP contribution is -2.32. The number of hydrogen-bond acceptors (Lipinski definition) is 6. The van der Waals surface area contributed by atoms with Gasteiger partial charge in [-0.1, -0.05) is 18.2 Å². The Morgan fingerprint density at radius 1 is 1.06 bits per heavy atom. The fourth-order valence-corrected chi connectivity index (χ4v) is 0.927. The Balaban J connectivity index is 2.75. The van der Waals surface area contributed by atoms with Crippen molar-refractivity contribution in [3.05, 3.63) is 30.3 Å². The molecule has 1 amide bonds. The molecule has 0 aromatic heterocycles. The zero-order valence-electron chi connectivity index (χ0n) is 9.28. The summed E-state index contributed by atoms with van der Waals surface area (Å²) in [5, 5.41) is 0.664. The van der Waals surface area contributed by atoms with Gasteiger partial charge in [0.2, 0.25) is 0 Å². The number of ether oxygens (including phenoxy) is 2. The molecule has 0 radical (unpaired) electrons. The highest BCUT2D eigenvalue weighted by Crippen LogP contribution is 2.15. The van der Waals surface area contributed by atoms with Crippen molar-refractivity contribution in [2.45, 2.75) is 0 Å². The Hall–Kier alpha value is -2.28. The number of anilines is 1. The number of methoxy groups -OCH3 is 2. The second-order valence-corrected chi connectivity index (χ2v) is 2.71. The molecule has 0 aliphatic carbocycles. The van der Waals surface area contributed by atoms with Gasteiger partial charge in [0.05, 0.1) is 19.9 Å². The number of carbonyl (C=O) groups is 2. The van der Waals surface area contributed by atoms with E-state index in [1.165, 1.54) is 7.11 Å². The van der Waals surface area contributed by atoms with E-state index in [1.807, 2.05) is 0 Å². The highest BCUT2D eigenvalue weighted by Gasteiger charge is 2.20. The van der Waals surface area contributed by atoms with Crippen LogP contribution in [0.2, 0.25) is 0 Å². The lowest BCUT2D eigenvalue weighted by atomic mass is 10.3. The van der Waals surface area contributed by atoms with Crippen LogP contribution in [-0.4, -0.2) is 26.5 Å². The molecule has 7 nitrogen and oxygen atoms in total. The smallest absolute Gasteiger partial charge is 0.451 e. The number of hydroxylamine groups is 1. The minimum Gasteiger partial charge on any atom is -0.451 e. The van der Waals surface area contributed by atoms with Crippen LogP contribution in [0.4, 0.5) is 15.3 Å². The highest BCUT2D eigenvalue weighted by atomic mass is 17.3. The minimum atomic E-state index is -1.09. The predicted molar refractivity (Wildman–Crippen MR) is 55.9 cm³/mol. The molecule has 0 aliphatic heterocycles. The Labute approximate surface area is 97.3 Å². The quantitative estimate of drug-likeness (QED) is 0.457. The number of benzene rings is 1. The monoisotopic (exact) mass is 241 g/mol. The maximum Gasteiger partial charge on any atom is 0.541 e. The zero-order valence-corrected chi connectivity index (χ0v) is 9.28. The van der Waals surface area contributed by atoms with Gasteiger partial charge in [-0.3, -0.25) is 0 Å². The summed E-state index contributed by atoms with van der Waals surface area (Å²) in [5.74, 6) is 0. The summed E-state index contributed by atoms with van der Waals surface area (Å²) < 4.78 is 8.65. The molecule has 0 unspecified atom stereocenters. The minimum absolute atomic E-state index is 0.336. The third-order valence-corrected chi connectivity index (χ3v) is 1.68. The summed E-state index contributed by atoms with van der Waals surface area (Å²) in [7, 11) is 2.27. The average Bonchev–Trinajstić information content (AvgIpc) is 2.39. The molecular weight excluding hydrogens is 230 g/mol. The Bertz CT molecular complexity index is 380. The van der Waals surface area contributed by atoms with E-state index >= 15 is 0 Å². The van der Waals surface area contributed by atoms with Crippen LogP contribution >= 0.6 is 0 Å². The molecule has 1 aromatic carbocycles. The molecular formula is C10H11NO6. The largest absolute Gasteiger partial charge is 0.541 e. The predicted octanol–water partition coefficient (Wildman–Crippen LogP) is 1.89. The summed E-state index contributed by atoms with van der Waals surface area (Å²) in [5.41, 5.74) is 0.336. The van der Waals surface area contributed by atoms with Crippen molar-refractivity contribution in [3.63, 3.8) is 0 Å². The molecule has 92 valence electrons. The Morgan fingerprint density at radius 2 is 1.71 bits per heavy atom. The first-order valence-corrected chi connectivity index (χ1v) is 4.54. The van der Waals surface area contributed by atoms with Crippen molar-refractivity contribution < 1.29 is 28.9 Å². The number of amides is 1. The molecule has 0 saturated carbocycles. The maximum atomic E-state index is 11.4. The number of hydrogen-bond donors (Lipinski definition) is 0. The lowest BCUT2D eigenvalue weighted by molar-refractivity contribution is -0.256. The van der Waals surface area contributed by atoms with Gasteiger partial charge in [0.1, 0.15) is 0 Å². The van der Waals surface area contributed by atoms with E-state index in [4.69, 9.17) is 0 Å². The molecule has 0 N–H and O–H groups in total. The van der Waals surface area contributed by atoms with E-state index in [0.29, 0.717) is 10.8 Å². The number of carbonyl (C=O) groups excluding carboxylic acids is 2. The summed E-state index contributed by atoms with van der Waals surface area (Å²) >= 11 is 0. The number of para-hydroxylation sites is 1. The van der Waals surface area contributed by atoms with Crippen LogP contribution in [-0.2, 0) is 19.3 Å². The molecule has 17 heavy (non-hydrogen) atoms. The molecule has 7 heteroatoms. The van der Waals surface area contributed by atoms with Gasteiger partial charge in [-0.25, -0.2) is 14.5 Å². The fraction of sp³-hybridized carbons (Fsp3) is 0.200. The molecule has 0 aliphatic rings. The SMILES string of the molecule is COC(=O)OON(C(=O)OC)c1ccccc1.